The van der Waals surface area contributed by atoms with Gasteiger partial charge in [-0.2, -0.15) is 0 Å². The summed E-state index contributed by atoms with van der Waals surface area (Å²) in [5.74, 6) is 2.44. The van der Waals surface area contributed by atoms with Crippen LogP contribution >= 0.6 is 23.5 Å². The first-order valence-corrected chi connectivity index (χ1v) is 18.2. The number of aliphatic hydroxyl groups is 1. The fourth-order valence-electron chi connectivity index (χ4n) is 5.78. The number of carbonyl (C=O) groups is 3. The third-order valence-corrected chi connectivity index (χ3v) is 10.7. The summed E-state index contributed by atoms with van der Waals surface area (Å²) in [4.78, 5) is 44.6. The number of carbonyl (C=O) groups excluding carboxylic acids is 3. The maximum Gasteiger partial charge on any atom is 0.416 e. The Morgan fingerprint density at radius 3 is 1.71 bits per heavy atom. The smallest absolute Gasteiger partial charge is 0.416 e. The summed E-state index contributed by atoms with van der Waals surface area (Å²) in [7, 11) is 0. The van der Waals surface area contributed by atoms with E-state index in [4.69, 9.17) is 18.9 Å². The lowest BCUT2D eigenvalue weighted by molar-refractivity contribution is 0.112. The maximum absolute atomic E-state index is 12.1. The highest BCUT2D eigenvalue weighted by Gasteiger charge is 2.41. The molecule has 0 aliphatic carbocycles. The zero-order chi connectivity index (χ0) is 36.2. The summed E-state index contributed by atoms with van der Waals surface area (Å²) >= 11 is 3.15. The van der Waals surface area contributed by atoms with Gasteiger partial charge in [0.15, 0.2) is 17.3 Å². The van der Waals surface area contributed by atoms with Crippen LogP contribution < -0.4 is 19.3 Å². The van der Waals surface area contributed by atoms with Gasteiger partial charge in [0.05, 0.1) is 36.8 Å². The molecule has 0 fully saturated rings. The van der Waals surface area contributed by atoms with Gasteiger partial charge in [0.1, 0.15) is 23.0 Å². The van der Waals surface area contributed by atoms with E-state index in [2.05, 4.69) is 0 Å². The first kappa shape index (κ1) is 34.9. The summed E-state index contributed by atoms with van der Waals surface area (Å²) in [5, 5.41) is 9.45. The third kappa shape index (κ3) is 6.87. The average Bonchev–Trinajstić information content (AvgIpc) is 3.93. The molecule has 0 saturated carbocycles. The minimum atomic E-state index is -0.368. The molecule has 8 rings (SSSR count). The first-order chi connectivity index (χ1) is 25.4. The summed E-state index contributed by atoms with van der Waals surface area (Å²) in [5.41, 5.74) is 2.78. The molecule has 12 nitrogen and oxygen atoms in total. The van der Waals surface area contributed by atoms with E-state index < -0.39 is 0 Å². The molecule has 2 atom stereocenters. The molecule has 4 aromatic rings. The third-order valence-electron chi connectivity index (χ3n) is 8.21. The Labute approximate surface area is 308 Å². The van der Waals surface area contributed by atoms with Gasteiger partial charge in [0.25, 0.3) is 0 Å². The quantitative estimate of drug-likeness (QED) is 0.174. The fourth-order valence-corrected chi connectivity index (χ4v) is 8.24. The van der Waals surface area contributed by atoms with Crippen LogP contribution in [0.3, 0.4) is 0 Å². The SMILES string of the molecule is CCOC(=O)N1C=CN2c3cc(Oc4ccccc4C=O)ccc3SC12.CCOC(=O)N1C=CN2c3cc(Oc4ccccc4CO)ccc3SC12. The summed E-state index contributed by atoms with van der Waals surface area (Å²) < 4.78 is 22.1. The van der Waals surface area contributed by atoms with E-state index in [9.17, 15) is 19.5 Å². The van der Waals surface area contributed by atoms with Gasteiger partial charge in [-0.15, -0.1) is 0 Å². The van der Waals surface area contributed by atoms with Crippen LogP contribution in [0.15, 0.2) is 120 Å². The number of thioether (sulfide) groups is 2. The summed E-state index contributed by atoms with van der Waals surface area (Å²) in [6.45, 7) is 4.17. The van der Waals surface area contributed by atoms with Gasteiger partial charge in [-0.25, -0.2) is 9.59 Å². The topological polar surface area (TPSA) is 121 Å². The first-order valence-electron chi connectivity index (χ1n) is 16.5. The van der Waals surface area contributed by atoms with E-state index in [1.54, 1.807) is 77.8 Å². The van der Waals surface area contributed by atoms with E-state index in [0.29, 0.717) is 41.8 Å². The number of nitrogens with zero attached hydrogens (tertiary/aromatic N) is 4. The van der Waals surface area contributed by atoms with Crippen molar-refractivity contribution in [2.75, 3.05) is 23.0 Å². The molecule has 2 unspecified atom stereocenters. The number of ether oxygens (including phenoxy) is 4. The van der Waals surface area contributed by atoms with Crippen LogP contribution in [0, 0.1) is 0 Å². The molecule has 4 heterocycles. The Hall–Kier alpha value is -5.57. The van der Waals surface area contributed by atoms with Crippen molar-refractivity contribution in [1.29, 1.82) is 0 Å². The van der Waals surface area contributed by atoms with Crippen molar-refractivity contribution < 1.29 is 38.4 Å². The van der Waals surface area contributed by atoms with Crippen molar-refractivity contribution in [3.05, 3.63) is 121 Å². The zero-order valence-corrected chi connectivity index (χ0v) is 29.8. The Balaban J connectivity index is 0.000000162. The van der Waals surface area contributed by atoms with Crippen molar-refractivity contribution in [3.63, 3.8) is 0 Å². The molecule has 0 spiro atoms. The van der Waals surface area contributed by atoms with Crippen LogP contribution in [-0.2, 0) is 16.1 Å². The highest BCUT2D eigenvalue weighted by atomic mass is 32.2. The average molecular weight is 739 g/mol. The van der Waals surface area contributed by atoms with Gasteiger partial charge < -0.3 is 33.9 Å². The fraction of sp³-hybridized carbons (Fsp3) is 0.184. The molecule has 0 bridgehead atoms. The molecule has 0 radical (unpaired) electrons. The summed E-state index contributed by atoms with van der Waals surface area (Å²) in [6.07, 6.45) is 7.21. The zero-order valence-electron chi connectivity index (χ0n) is 28.2. The highest BCUT2D eigenvalue weighted by molar-refractivity contribution is 8.00. The van der Waals surface area contributed by atoms with E-state index in [-0.39, 0.29) is 29.8 Å². The van der Waals surface area contributed by atoms with Gasteiger partial charge in [-0.3, -0.25) is 14.6 Å². The largest absolute Gasteiger partial charge is 0.457 e. The number of benzene rings is 4. The molecule has 2 amide bonds. The lowest BCUT2D eigenvalue weighted by Crippen LogP contribution is -2.37. The number of rotatable bonds is 8. The van der Waals surface area contributed by atoms with Crippen LogP contribution in [0.2, 0.25) is 0 Å². The molecule has 1 N–H and O–H groups in total. The molecule has 4 aliphatic heterocycles. The monoisotopic (exact) mass is 738 g/mol. The molecular formula is C38H34N4O8S2. The Morgan fingerprint density at radius 1 is 0.692 bits per heavy atom. The lowest BCUT2D eigenvalue weighted by Gasteiger charge is -2.23. The van der Waals surface area contributed by atoms with Crippen molar-refractivity contribution in [3.8, 4) is 23.0 Å². The van der Waals surface area contributed by atoms with Gasteiger partial charge in [-0.1, -0.05) is 53.9 Å². The van der Waals surface area contributed by atoms with Crippen LogP contribution in [0.5, 0.6) is 23.0 Å². The van der Waals surface area contributed by atoms with Crippen LogP contribution in [0.4, 0.5) is 21.0 Å². The molecular weight excluding hydrogens is 705 g/mol. The van der Waals surface area contributed by atoms with Gasteiger partial charge in [-0.05, 0) is 56.3 Å². The molecule has 4 aromatic carbocycles. The number of aliphatic hydroxyl groups excluding tert-OH is 1. The Kier molecular flexibility index (Phi) is 10.3. The number of hydrogen-bond acceptors (Lipinski definition) is 12. The van der Waals surface area contributed by atoms with Gasteiger partial charge in [0, 0.05) is 52.3 Å². The van der Waals surface area contributed by atoms with E-state index in [1.807, 2.05) is 88.9 Å². The number of para-hydroxylation sites is 2. The van der Waals surface area contributed by atoms with Crippen LogP contribution in [0.1, 0.15) is 29.8 Å². The van der Waals surface area contributed by atoms with Crippen LogP contribution in [-0.4, -0.2) is 57.6 Å². The minimum Gasteiger partial charge on any atom is -0.457 e. The second-order valence-corrected chi connectivity index (χ2v) is 13.6. The number of amides is 2. The summed E-state index contributed by atoms with van der Waals surface area (Å²) in [6, 6.07) is 26.0. The predicted molar refractivity (Wildman–Crippen MR) is 197 cm³/mol. The standard InChI is InChI=1S/C19H18N2O4S.C19H16N2O4S/c2*1-2-24-19(23)21-10-9-20-15-11-14(7-8-17(15)26-18(20)21)25-16-6-4-3-5-13(16)12-22/h3-11,18,22H,2,12H2,1H3;3-12,18H,2H2,1H3. The maximum atomic E-state index is 12.1. The number of hydrogen-bond donors (Lipinski definition) is 1. The Morgan fingerprint density at radius 2 is 1.19 bits per heavy atom. The molecule has 0 aromatic heterocycles. The van der Waals surface area contributed by atoms with Crippen molar-refractivity contribution in [2.24, 2.45) is 0 Å². The second-order valence-electron chi connectivity index (χ2n) is 11.4. The normalized spacial score (nSPS) is 17.1. The number of anilines is 2. The van der Waals surface area contributed by atoms with Crippen molar-refractivity contribution in [1.82, 2.24) is 9.80 Å². The van der Waals surface area contributed by atoms with E-state index in [1.165, 1.54) is 0 Å². The number of fused-ring (bicyclic) bond motifs is 6. The number of aldehydes is 1. The molecule has 0 saturated heterocycles. The van der Waals surface area contributed by atoms with Crippen LogP contribution in [0.25, 0.3) is 0 Å². The second kappa shape index (κ2) is 15.4. The molecule has 266 valence electrons. The van der Waals surface area contributed by atoms with Crippen molar-refractivity contribution >= 4 is 53.4 Å². The van der Waals surface area contributed by atoms with Gasteiger partial charge in [0.2, 0.25) is 0 Å². The Bertz CT molecular complexity index is 2060. The molecule has 14 heteroatoms. The van der Waals surface area contributed by atoms with Crippen molar-refractivity contribution in [2.45, 2.75) is 41.2 Å². The molecule has 4 aliphatic rings. The predicted octanol–water partition coefficient (Wildman–Crippen LogP) is 8.54. The lowest BCUT2D eigenvalue weighted by atomic mass is 10.2. The minimum absolute atomic E-state index is 0.0809. The van der Waals surface area contributed by atoms with E-state index in [0.717, 1.165) is 33.0 Å². The van der Waals surface area contributed by atoms with E-state index >= 15 is 0 Å². The highest BCUT2D eigenvalue weighted by Crippen LogP contribution is 2.50. The molecule has 52 heavy (non-hydrogen) atoms. The van der Waals surface area contributed by atoms with Gasteiger partial charge >= 0.3 is 12.2 Å².